The van der Waals surface area contributed by atoms with Gasteiger partial charge in [0.15, 0.2) is 0 Å². The molecule has 0 bridgehead atoms. The van der Waals surface area contributed by atoms with Gasteiger partial charge in [-0.15, -0.1) is 0 Å². The SMILES string of the molecule is O=C(O)c1cnc2[nH]c(C(=O)O)cc2c1. The summed E-state index contributed by atoms with van der Waals surface area (Å²) >= 11 is 0. The summed E-state index contributed by atoms with van der Waals surface area (Å²) in [5, 5.41) is 17.8. The van der Waals surface area contributed by atoms with E-state index in [2.05, 4.69) is 9.97 Å². The Kier molecular flexibility index (Phi) is 1.89. The fraction of sp³-hybridized carbons (Fsp3) is 0. The first kappa shape index (κ1) is 9.20. The summed E-state index contributed by atoms with van der Waals surface area (Å²) in [6, 6.07) is 2.71. The number of nitrogens with zero attached hydrogens (tertiary/aromatic N) is 1. The van der Waals surface area contributed by atoms with E-state index in [0.717, 1.165) is 0 Å². The van der Waals surface area contributed by atoms with Gasteiger partial charge < -0.3 is 15.2 Å². The highest BCUT2D eigenvalue weighted by atomic mass is 16.4. The maximum atomic E-state index is 10.6. The number of pyridine rings is 1. The van der Waals surface area contributed by atoms with E-state index in [0.29, 0.717) is 11.0 Å². The minimum absolute atomic E-state index is 0.0139. The molecule has 6 nitrogen and oxygen atoms in total. The smallest absolute Gasteiger partial charge is 0.352 e. The highest BCUT2D eigenvalue weighted by Crippen LogP contribution is 2.14. The molecule has 2 heterocycles. The summed E-state index contributed by atoms with van der Waals surface area (Å²) in [5.41, 5.74) is 0.371. The second kappa shape index (κ2) is 3.09. The standard InChI is InChI=1S/C9H6N2O4/c12-8(13)5-1-4-2-6(9(14)15)11-7(4)10-3-5/h1-3H,(H,10,11)(H,12,13)(H,14,15). The molecule has 76 valence electrons. The molecule has 6 heteroatoms. The summed E-state index contributed by atoms with van der Waals surface area (Å²) in [5.74, 6) is -2.20. The van der Waals surface area contributed by atoms with Gasteiger partial charge in [-0.1, -0.05) is 0 Å². The molecule has 0 saturated carbocycles. The molecular formula is C9H6N2O4. The molecule has 0 saturated heterocycles. The average Bonchev–Trinajstić information content (AvgIpc) is 2.59. The van der Waals surface area contributed by atoms with Gasteiger partial charge in [-0.25, -0.2) is 14.6 Å². The Morgan fingerprint density at radius 3 is 2.53 bits per heavy atom. The second-order valence-corrected chi connectivity index (χ2v) is 2.96. The van der Waals surface area contributed by atoms with Crippen molar-refractivity contribution in [3.8, 4) is 0 Å². The summed E-state index contributed by atoms with van der Waals surface area (Å²) in [7, 11) is 0. The largest absolute Gasteiger partial charge is 0.478 e. The van der Waals surface area contributed by atoms with Crippen molar-refractivity contribution in [2.24, 2.45) is 0 Å². The van der Waals surface area contributed by atoms with Crippen molar-refractivity contribution >= 4 is 23.0 Å². The quantitative estimate of drug-likeness (QED) is 0.678. The van der Waals surface area contributed by atoms with Crippen LogP contribution in [-0.2, 0) is 0 Å². The predicted octanol–water partition coefficient (Wildman–Crippen LogP) is 0.959. The predicted molar refractivity (Wildman–Crippen MR) is 50.0 cm³/mol. The van der Waals surface area contributed by atoms with Crippen LogP contribution in [0.5, 0.6) is 0 Å². The Labute approximate surface area is 83.2 Å². The number of carboxylic acid groups (broad SMARTS) is 2. The number of carbonyl (C=O) groups is 2. The Balaban J connectivity index is 2.62. The van der Waals surface area contributed by atoms with Gasteiger partial charge in [0.1, 0.15) is 11.3 Å². The third kappa shape index (κ3) is 1.52. The molecule has 15 heavy (non-hydrogen) atoms. The number of aromatic amines is 1. The summed E-state index contributed by atoms with van der Waals surface area (Å²) in [6.07, 6.45) is 1.17. The number of aromatic nitrogens is 2. The summed E-state index contributed by atoms with van der Waals surface area (Å²) in [4.78, 5) is 27.6. The number of aromatic carboxylic acids is 2. The van der Waals surface area contributed by atoms with E-state index in [-0.39, 0.29) is 11.3 Å². The Hall–Kier alpha value is -2.37. The maximum Gasteiger partial charge on any atom is 0.352 e. The van der Waals surface area contributed by atoms with Crippen LogP contribution in [0.25, 0.3) is 11.0 Å². The van der Waals surface area contributed by atoms with Crippen LogP contribution in [0.1, 0.15) is 20.8 Å². The van der Waals surface area contributed by atoms with Crippen LogP contribution in [0.2, 0.25) is 0 Å². The van der Waals surface area contributed by atoms with Crippen LogP contribution in [0, 0.1) is 0 Å². The van der Waals surface area contributed by atoms with E-state index in [1.54, 1.807) is 0 Å². The van der Waals surface area contributed by atoms with Gasteiger partial charge in [-0.2, -0.15) is 0 Å². The van der Waals surface area contributed by atoms with Gasteiger partial charge in [0.05, 0.1) is 5.56 Å². The van der Waals surface area contributed by atoms with Gasteiger partial charge in [-0.05, 0) is 12.1 Å². The lowest BCUT2D eigenvalue weighted by Crippen LogP contribution is -1.96. The monoisotopic (exact) mass is 206 g/mol. The number of rotatable bonds is 2. The van der Waals surface area contributed by atoms with E-state index in [4.69, 9.17) is 10.2 Å². The van der Waals surface area contributed by atoms with Crippen LogP contribution in [0.15, 0.2) is 18.3 Å². The highest BCUT2D eigenvalue weighted by molar-refractivity contribution is 5.96. The van der Waals surface area contributed by atoms with Crippen molar-refractivity contribution in [3.63, 3.8) is 0 Å². The molecule has 0 amide bonds. The molecule has 2 aromatic rings. The van der Waals surface area contributed by atoms with E-state index in [1.165, 1.54) is 18.3 Å². The van der Waals surface area contributed by atoms with E-state index >= 15 is 0 Å². The van der Waals surface area contributed by atoms with Crippen LogP contribution in [-0.4, -0.2) is 32.1 Å². The molecule has 0 aliphatic carbocycles. The van der Waals surface area contributed by atoms with Crippen molar-refractivity contribution in [2.75, 3.05) is 0 Å². The van der Waals surface area contributed by atoms with Gasteiger partial charge in [0, 0.05) is 11.6 Å². The Morgan fingerprint density at radius 1 is 1.20 bits per heavy atom. The molecule has 2 rings (SSSR count). The van der Waals surface area contributed by atoms with Gasteiger partial charge >= 0.3 is 11.9 Å². The van der Waals surface area contributed by atoms with Gasteiger partial charge in [-0.3, -0.25) is 0 Å². The second-order valence-electron chi connectivity index (χ2n) is 2.96. The minimum atomic E-state index is -1.11. The molecule has 2 aromatic heterocycles. The number of carboxylic acids is 2. The number of hydrogen-bond acceptors (Lipinski definition) is 3. The van der Waals surface area contributed by atoms with E-state index in [1.807, 2.05) is 0 Å². The zero-order chi connectivity index (χ0) is 11.0. The molecule has 0 aliphatic rings. The van der Waals surface area contributed by atoms with Crippen molar-refractivity contribution < 1.29 is 19.8 Å². The maximum absolute atomic E-state index is 10.6. The van der Waals surface area contributed by atoms with Crippen LogP contribution in [0.3, 0.4) is 0 Å². The fourth-order valence-electron chi connectivity index (χ4n) is 1.25. The normalized spacial score (nSPS) is 10.4. The molecule has 0 spiro atoms. The Bertz CT molecular complexity index is 546. The first-order valence-corrected chi connectivity index (χ1v) is 4.03. The third-order valence-corrected chi connectivity index (χ3v) is 1.95. The molecule has 0 unspecified atom stereocenters. The fourth-order valence-corrected chi connectivity index (χ4v) is 1.25. The number of hydrogen-bond donors (Lipinski definition) is 3. The summed E-state index contributed by atoms with van der Waals surface area (Å²) in [6.45, 7) is 0. The lowest BCUT2D eigenvalue weighted by molar-refractivity contribution is 0.0683. The third-order valence-electron chi connectivity index (χ3n) is 1.95. The number of nitrogens with one attached hydrogen (secondary N) is 1. The molecular weight excluding hydrogens is 200 g/mol. The van der Waals surface area contributed by atoms with E-state index in [9.17, 15) is 9.59 Å². The number of fused-ring (bicyclic) bond motifs is 1. The zero-order valence-electron chi connectivity index (χ0n) is 7.39. The molecule has 0 aliphatic heterocycles. The van der Waals surface area contributed by atoms with Crippen molar-refractivity contribution in [3.05, 3.63) is 29.6 Å². The molecule has 3 N–H and O–H groups in total. The van der Waals surface area contributed by atoms with Crippen molar-refractivity contribution in [1.29, 1.82) is 0 Å². The topological polar surface area (TPSA) is 103 Å². The van der Waals surface area contributed by atoms with E-state index < -0.39 is 11.9 Å². The zero-order valence-corrected chi connectivity index (χ0v) is 7.39. The molecule has 0 aromatic carbocycles. The highest BCUT2D eigenvalue weighted by Gasteiger charge is 2.10. The first-order chi connectivity index (χ1) is 7.08. The first-order valence-electron chi connectivity index (χ1n) is 4.03. The van der Waals surface area contributed by atoms with Gasteiger partial charge in [0.2, 0.25) is 0 Å². The van der Waals surface area contributed by atoms with Gasteiger partial charge in [0.25, 0.3) is 0 Å². The van der Waals surface area contributed by atoms with Crippen LogP contribution >= 0.6 is 0 Å². The number of H-pyrrole nitrogens is 1. The molecule has 0 fully saturated rings. The Morgan fingerprint density at radius 2 is 1.93 bits per heavy atom. The molecule has 0 radical (unpaired) electrons. The van der Waals surface area contributed by atoms with Crippen molar-refractivity contribution in [2.45, 2.75) is 0 Å². The van der Waals surface area contributed by atoms with Crippen LogP contribution in [0.4, 0.5) is 0 Å². The molecule has 0 atom stereocenters. The summed E-state index contributed by atoms with van der Waals surface area (Å²) < 4.78 is 0. The van der Waals surface area contributed by atoms with Crippen LogP contribution < -0.4 is 0 Å². The average molecular weight is 206 g/mol. The lowest BCUT2D eigenvalue weighted by Gasteiger charge is -1.92. The lowest BCUT2D eigenvalue weighted by atomic mass is 10.2. The van der Waals surface area contributed by atoms with Crippen molar-refractivity contribution in [1.82, 2.24) is 9.97 Å². The minimum Gasteiger partial charge on any atom is -0.478 e.